The lowest BCUT2D eigenvalue weighted by molar-refractivity contribution is 0.102. The number of halogens is 2. The van der Waals surface area contributed by atoms with Gasteiger partial charge < -0.3 is 4.84 Å². The molecule has 1 atom stereocenters. The van der Waals surface area contributed by atoms with Crippen LogP contribution in [-0.2, 0) is 4.84 Å². The zero-order valence-electron chi connectivity index (χ0n) is 8.34. The molecule has 1 aromatic carbocycles. The van der Waals surface area contributed by atoms with Crippen LogP contribution in [0, 0.1) is 12.7 Å². The first-order valence-electron chi connectivity index (χ1n) is 4.76. The van der Waals surface area contributed by atoms with Gasteiger partial charge in [-0.15, -0.1) is 11.6 Å². The molecule has 0 N–H and O–H groups in total. The second-order valence-electron chi connectivity index (χ2n) is 3.56. The lowest BCUT2D eigenvalue weighted by Crippen LogP contribution is -2.10. The first kappa shape index (κ1) is 10.4. The minimum absolute atomic E-state index is 0.124. The number of benzene rings is 1. The van der Waals surface area contributed by atoms with Crippen LogP contribution < -0.4 is 0 Å². The summed E-state index contributed by atoms with van der Waals surface area (Å²) in [5.41, 5.74) is 1.77. The van der Waals surface area contributed by atoms with E-state index < -0.39 is 0 Å². The largest absolute Gasteiger partial charge is 0.391 e. The first-order chi connectivity index (χ1) is 7.22. The summed E-state index contributed by atoms with van der Waals surface area (Å²) in [4.78, 5) is 5.05. The Morgan fingerprint density at radius 3 is 3.07 bits per heavy atom. The number of aryl methyl sites for hydroxylation is 1. The Bertz CT molecular complexity index is 406. The van der Waals surface area contributed by atoms with Crippen molar-refractivity contribution < 1.29 is 9.23 Å². The van der Waals surface area contributed by atoms with Crippen LogP contribution in [0.4, 0.5) is 4.39 Å². The number of hydrogen-bond acceptors (Lipinski definition) is 2. The first-order valence-corrected chi connectivity index (χ1v) is 5.30. The zero-order chi connectivity index (χ0) is 10.8. The van der Waals surface area contributed by atoms with Crippen molar-refractivity contribution in [2.24, 2.45) is 5.16 Å². The van der Waals surface area contributed by atoms with Crippen molar-refractivity contribution in [1.29, 1.82) is 0 Å². The molecule has 0 aliphatic carbocycles. The second kappa shape index (κ2) is 4.19. The highest BCUT2D eigenvalue weighted by Crippen LogP contribution is 2.21. The van der Waals surface area contributed by atoms with Gasteiger partial charge in [0.15, 0.2) is 0 Å². The molecule has 1 heterocycles. The van der Waals surface area contributed by atoms with E-state index in [0.717, 1.165) is 0 Å². The van der Waals surface area contributed by atoms with Crippen molar-refractivity contribution >= 4 is 17.3 Å². The number of alkyl halides is 1. The summed E-state index contributed by atoms with van der Waals surface area (Å²) >= 11 is 5.64. The molecule has 80 valence electrons. The minimum Gasteiger partial charge on any atom is -0.391 e. The van der Waals surface area contributed by atoms with Gasteiger partial charge in [0.2, 0.25) is 0 Å². The molecule has 1 aromatic rings. The maximum Gasteiger partial charge on any atom is 0.146 e. The molecule has 1 unspecified atom stereocenters. The molecule has 2 rings (SSSR count). The average molecular weight is 228 g/mol. The molecule has 0 saturated carbocycles. The van der Waals surface area contributed by atoms with E-state index in [2.05, 4.69) is 5.16 Å². The molecule has 0 fully saturated rings. The molecule has 0 spiro atoms. The van der Waals surface area contributed by atoms with Gasteiger partial charge in [-0.25, -0.2) is 4.39 Å². The highest BCUT2D eigenvalue weighted by atomic mass is 35.5. The van der Waals surface area contributed by atoms with E-state index in [-0.39, 0.29) is 11.9 Å². The monoisotopic (exact) mass is 227 g/mol. The van der Waals surface area contributed by atoms with Crippen LogP contribution in [0.1, 0.15) is 17.5 Å². The SMILES string of the molecule is Cc1cccc(C2=NOC(CCl)C2)c1F. The van der Waals surface area contributed by atoms with Gasteiger partial charge in [-0.05, 0) is 12.5 Å². The van der Waals surface area contributed by atoms with Gasteiger partial charge in [0.25, 0.3) is 0 Å². The van der Waals surface area contributed by atoms with E-state index >= 15 is 0 Å². The Morgan fingerprint density at radius 1 is 1.60 bits per heavy atom. The molecule has 0 aromatic heterocycles. The van der Waals surface area contributed by atoms with Crippen LogP contribution >= 0.6 is 11.6 Å². The average Bonchev–Trinajstić information content (AvgIpc) is 2.70. The Labute approximate surface area is 92.7 Å². The maximum atomic E-state index is 13.7. The van der Waals surface area contributed by atoms with E-state index in [1.165, 1.54) is 0 Å². The van der Waals surface area contributed by atoms with E-state index in [1.807, 2.05) is 6.07 Å². The zero-order valence-corrected chi connectivity index (χ0v) is 9.09. The van der Waals surface area contributed by atoms with Gasteiger partial charge in [0.05, 0.1) is 11.6 Å². The van der Waals surface area contributed by atoms with Crippen molar-refractivity contribution in [3.8, 4) is 0 Å². The number of hydrogen-bond donors (Lipinski definition) is 0. The molecular formula is C11H11ClFNO. The molecule has 0 saturated heterocycles. The van der Waals surface area contributed by atoms with Crippen LogP contribution in [0.5, 0.6) is 0 Å². The molecule has 1 aliphatic heterocycles. The Kier molecular flexibility index (Phi) is 2.91. The molecule has 0 amide bonds. The summed E-state index contributed by atoms with van der Waals surface area (Å²) < 4.78 is 13.7. The summed E-state index contributed by atoms with van der Waals surface area (Å²) in [6, 6.07) is 5.25. The Balaban J connectivity index is 2.28. The normalized spacial score (nSPS) is 19.9. The highest BCUT2D eigenvalue weighted by molar-refractivity contribution is 6.18. The highest BCUT2D eigenvalue weighted by Gasteiger charge is 2.23. The van der Waals surface area contributed by atoms with E-state index in [4.69, 9.17) is 16.4 Å². The van der Waals surface area contributed by atoms with E-state index in [9.17, 15) is 4.39 Å². The summed E-state index contributed by atoms with van der Waals surface area (Å²) in [6.07, 6.45) is 0.450. The Morgan fingerprint density at radius 2 is 2.40 bits per heavy atom. The van der Waals surface area contributed by atoms with Gasteiger partial charge in [-0.2, -0.15) is 0 Å². The fourth-order valence-electron chi connectivity index (χ4n) is 1.54. The third-order valence-corrected chi connectivity index (χ3v) is 2.75. The van der Waals surface area contributed by atoms with Gasteiger partial charge in [-0.1, -0.05) is 23.4 Å². The van der Waals surface area contributed by atoms with Gasteiger partial charge in [0.1, 0.15) is 11.9 Å². The smallest absolute Gasteiger partial charge is 0.146 e. The minimum atomic E-state index is -0.227. The summed E-state index contributed by atoms with van der Waals surface area (Å²) in [7, 11) is 0. The van der Waals surface area contributed by atoms with E-state index in [0.29, 0.717) is 29.1 Å². The summed E-state index contributed by atoms with van der Waals surface area (Å²) in [5.74, 6) is 0.149. The fraction of sp³-hybridized carbons (Fsp3) is 0.364. The molecule has 15 heavy (non-hydrogen) atoms. The summed E-state index contributed by atoms with van der Waals surface area (Å²) in [6.45, 7) is 1.73. The third kappa shape index (κ3) is 1.97. The predicted octanol–water partition coefficient (Wildman–Crippen LogP) is 2.87. The summed E-state index contributed by atoms with van der Waals surface area (Å²) in [5, 5.41) is 3.85. The molecule has 0 radical (unpaired) electrons. The lowest BCUT2D eigenvalue weighted by atomic mass is 10.0. The van der Waals surface area contributed by atoms with Crippen molar-refractivity contribution in [3.63, 3.8) is 0 Å². The number of oxime groups is 1. The molecule has 1 aliphatic rings. The number of nitrogens with zero attached hydrogens (tertiary/aromatic N) is 1. The Hall–Kier alpha value is -1.09. The van der Waals surface area contributed by atoms with Crippen LogP contribution in [0.15, 0.2) is 23.4 Å². The maximum absolute atomic E-state index is 13.7. The second-order valence-corrected chi connectivity index (χ2v) is 3.87. The molecule has 4 heteroatoms. The van der Waals surface area contributed by atoms with Gasteiger partial charge >= 0.3 is 0 Å². The van der Waals surface area contributed by atoms with Crippen LogP contribution in [0.3, 0.4) is 0 Å². The molecule has 0 bridgehead atoms. The molecular weight excluding hydrogens is 217 g/mol. The van der Waals surface area contributed by atoms with Crippen molar-refractivity contribution in [1.82, 2.24) is 0 Å². The van der Waals surface area contributed by atoms with Crippen LogP contribution in [-0.4, -0.2) is 17.7 Å². The van der Waals surface area contributed by atoms with Crippen molar-refractivity contribution in [2.75, 3.05) is 5.88 Å². The van der Waals surface area contributed by atoms with Crippen LogP contribution in [0.25, 0.3) is 0 Å². The van der Waals surface area contributed by atoms with Crippen molar-refractivity contribution in [2.45, 2.75) is 19.4 Å². The predicted molar refractivity (Wildman–Crippen MR) is 57.9 cm³/mol. The fourth-order valence-corrected chi connectivity index (χ4v) is 1.71. The molecule has 2 nitrogen and oxygen atoms in total. The lowest BCUT2D eigenvalue weighted by Gasteiger charge is -2.04. The standard InChI is InChI=1S/C11H11ClFNO/c1-7-3-2-4-9(11(7)13)10-5-8(6-12)15-14-10/h2-4,8H,5-6H2,1H3. The van der Waals surface area contributed by atoms with Crippen LogP contribution in [0.2, 0.25) is 0 Å². The van der Waals surface area contributed by atoms with Gasteiger partial charge in [-0.3, -0.25) is 0 Å². The third-order valence-electron chi connectivity index (χ3n) is 2.41. The van der Waals surface area contributed by atoms with Gasteiger partial charge in [0, 0.05) is 12.0 Å². The number of rotatable bonds is 2. The van der Waals surface area contributed by atoms with E-state index in [1.54, 1.807) is 19.1 Å². The quantitative estimate of drug-likeness (QED) is 0.712. The topological polar surface area (TPSA) is 21.6 Å². The van der Waals surface area contributed by atoms with Crippen molar-refractivity contribution in [3.05, 3.63) is 35.1 Å².